The van der Waals surface area contributed by atoms with Crippen LogP contribution in [0.3, 0.4) is 0 Å². The number of imide groups is 1. The molecule has 0 spiro atoms. The third-order valence-electron chi connectivity index (χ3n) is 7.38. The molecule has 2 bridgehead atoms. The molecule has 2 aliphatic carbocycles. The number of rotatable bonds is 7. The van der Waals surface area contributed by atoms with Crippen LogP contribution in [-0.2, 0) is 9.59 Å². The van der Waals surface area contributed by atoms with Crippen molar-refractivity contribution in [1.29, 1.82) is 0 Å². The van der Waals surface area contributed by atoms with Gasteiger partial charge in [-0.3, -0.25) is 39.4 Å². The van der Waals surface area contributed by atoms with Gasteiger partial charge in [-0.05, 0) is 43.2 Å². The van der Waals surface area contributed by atoms with Crippen molar-refractivity contribution in [2.45, 2.75) is 19.3 Å². The Morgan fingerprint density at radius 1 is 0.861 bits per heavy atom. The third kappa shape index (κ3) is 3.70. The Kier molecular flexibility index (Phi) is 5.58. The van der Waals surface area contributed by atoms with E-state index in [0.29, 0.717) is 0 Å². The lowest BCUT2D eigenvalue weighted by Gasteiger charge is -2.30. The Morgan fingerprint density at radius 3 is 2.00 bits per heavy atom. The van der Waals surface area contributed by atoms with E-state index in [9.17, 15) is 39.4 Å². The Bertz CT molecular complexity index is 1300. The minimum Gasteiger partial charge on any atom is -0.292 e. The van der Waals surface area contributed by atoms with E-state index >= 15 is 0 Å². The third-order valence-corrected chi connectivity index (χ3v) is 7.38. The molecule has 4 atom stereocenters. The van der Waals surface area contributed by atoms with E-state index in [4.69, 9.17) is 0 Å². The number of nitro groups is 2. The van der Waals surface area contributed by atoms with Crippen LogP contribution in [0.2, 0.25) is 0 Å². The molecule has 12 heteroatoms. The summed E-state index contributed by atoms with van der Waals surface area (Å²) in [6.07, 6.45) is 2.42. The zero-order chi connectivity index (χ0) is 25.7. The van der Waals surface area contributed by atoms with Crippen molar-refractivity contribution in [2.24, 2.45) is 23.7 Å². The zero-order valence-corrected chi connectivity index (χ0v) is 18.8. The van der Waals surface area contributed by atoms with E-state index in [1.165, 1.54) is 30.3 Å². The van der Waals surface area contributed by atoms with E-state index in [1.54, 1.807) is 0 Å². The number of hydrogen-bond donors (Lipinski definition) is 0. The van der Waals surface area contributed by atoms with Crippen LogP contribution in [0.25, 0.3) is 0 Å². The Morgan fingerprint density at radius 2 is 1.44 bits per heavy atom. The quantitative estimate of drug-likeness (QED) is 0.247. The highest BCUT2D eigenvalue weighted by Gasteiger charge is 2.62. The van der Waals surface area contributed by atoms with Crippen LogP contribution in [0.4, 0.5) is 11.4 Å². The van der Waals surface area contributed by atoms with Gasteiger partial charge in [-0.1, -0.05) is 12.1 Å². The van der Waals surface area contributed by atoms with Crippen LogP contribution in [-0.4, -0.2) is 49.9 Å². The standard InChI is InChI=1S/C24H20N4O8/c29-19(14-2-1-3-18(11-14)28(35)36)12-25(22(30)13-6-8-17(9-7-13)27(33)34)26-23(31)20-15-4-5-16(10-15)21(20)24(26)32/h1-3,6-9,11,15-16,20-21H,4-5,10,12H2/t15-,16-,20-,21-/m0/s1. The van der Waals surface area contributed by atoms with Gasteiger partial charge in [0.25, 0.3) is 29.1 Å². The normalized spacial score (nSPS) is 24.1. The van der Waals surface area contributed by atoms with Gasteiger partial charge in [-0.2, -0.15) is 5.01 Å². The van der Waals surface area contributed by atoms with Crippen LogP contribution < -0.4 is 0 Å². The highest BCUT2D eigenvalue weighted by atomic mass is 16.6. The van der Waals surface area contributed by atoms with Crippen LogP contribution in [0, 0.1) is 43.9 Å². The predicted octanol–water partition coefficient (Wildman–Crippen LogP) is 2.77. The van der Waals surface area contributed by atoms with Crippen LogP contribution in [0.5, 0.6) is 0 Å². The molecule has 1 aliphatic heterocycles. The molecule has 3 aliphatic rings. The van der Waals surface area contributed by atoms with Gasteiger partial charge in [-0.25, -0.2) is 5.01 Å². The summed E-state index contributed by atoms with van der Waals surface area (Å²) in [6.45, 7) is -0.719. The van der Waals surface area contributed by atoms with Crippen molar-refractivity contribution in [3.63, 3.8) is 0 Å². The van der Waals surface area contributed by atoms with Crippen molar-refractivity contribution >= 4 is 34.9 Å². The maximum absolute atomic E-state index is 13.5. The number of fused-ring (bicyclic) bond motifs is 5. The first-order chi connectivity index (χ1) is 17.2. The fraction of sp³-hybridized carbons (Fsp3) is 0.333. The molecule has 3 fully saturated rings. The molecule has 0 N–H and O–H groups in total. The van der Waals surface area contributed by atoms with Crippen molar-refractivity contribution in [2.75, 3.05) is 6.54 Å². The summed E-state index contributed by atoms with van der Waals surface area (Å²) < 4.78 is 0. The second-order valence-corrected chi connectivity index (χ2v) is 9.27. The summed E-state index contributed by atoms with van der Waals surface area (Å²) in [5, 5.41) is 23.6. The molecular weight excluding hydrogens is 472 g/mol. The number of ketones is 1. The van der Waals surface area contributed by atoms with Crippen molar-refractivity contribution in [1.82, 2.24) is 10.0 Å². The van der Waals surface area contributed by atoms with E-state index in [2.05, 4.69) is 0 Å². The first-order valence-electron chi connectivity index (χ1n) is 11.4. The summed E-state index contributed by atoms with van der Waals surface area (Å²) in [7, 11) is 0. The van der Waals surface area contributed by atoms with Gasteiger partial charge in [0.2, 0.25) is 0 Å². The molecule has 5 rings (SSSR count). The number of carbonyl (C=O) groups is 4. The largest absolute Gasteiger partial charge is 0.292 e. The van der Waals surface area contributed by atoms with E-state index in [0.717, 1.165) is 47.5 Å². The Balaban J connectivity index is 1.50. The summed E-state index contributed by atoms with van der Waals surface area (Å²) >= 11 is 0. The first kappa shape index (κ1) is 23.3. The number of hydrogen-bond acceptors (Lipinski definition) is 8. The van der Waals surface area contributed by atoms with E-state index < -0.39 is 51.7 Å². The monoisotopic (exact) mass is 492 g/mol. The second kappa shape index (κ2) is 8.63. The number of hydrazine groups is 1. The molecule has 3 amide bonds. The first-order valence-corrected chi connectivity index (χ1v) is 11.4. The highest BCUT2D eigenvalue weighted by Crippen LogP contribution is 2.56. The summed E-state index contributed by atoms with van der Waals surface area (Å²) in [6, 6.07) is 9.50. The summed E-state index contributed by atoms with van der Waals surface area (Å²) in [5.74, 6) is -3.66. The van der Waals surface area contributed by atoms with Crippen molar-refractivity contribution in [3.8, 4) is 0 Å². The second-order valence-electron chi connectivity index (χ2n) is 9.27. The smallest absolute Gasteiger partial charge is 0.273 e. The molecule has 2 aromatic carbocycles. The van der Waals surface area contributed by atoms with Crippen LogP contribution in [0.15, 0.2) is 48.5 Å². The van der Waals surface area contributed by atoms with Gasteiger partial charge in [0, 0.05) is 35.4 Å². The maximum atomic E-state index is 13.5. The molecule has 1 saturated heterocycles. The fourth-order valence-electron chi connectivity index (χ4n) is 5.76. The molecule has 0 radical (unpaired) electrons. The van der Waals surface area contributed by atoms with E-state index in [1.807, 2.05) is 0 Å². The topological polar surface area (TPSA) is 161 Å². The Labute approximate surface area is 203 Å². The number of Topliss-reactive ketones (excluding diaryl/α,β-unsaturated/α-hetero) is 1. The highest BCUT2D eigenvalue weighted by molar-refractivity contribution is 6.10. The van der Waals surface area contributed by atoms with Gasteiger partial charge in [0.1, 0.15) is 6.54 Å². The lowest BCUT2D eigenvalue weighted by Crippen LogP contribution is -2.52. The average molecular weight is 492 g/mol. The molecule has 2 aromatic rings. The fourth-order valence-corrected chi connectivity index (χ4v) is 5.76. The molecule has 0 aromatic heterocycles. The molecule has 2 saturated carbocycles. The van der Waals surface area contributed by atoms with Gasteiger partial charge in [-0.15, -0.1) is 0 Å². The lowest BCUT2D eigenvalue weighted by atomic mass is 9.81. The zero-order valence-electron chi connectivity index (χ0n) is 18.8. The molecule has 1 heterocycles. The summed E-state index contributed by atoms with van der Waals surface area (Å²) in [5.41, 5.74) is -0.711. The maximum Gasteiger partial charge on any atom is 0.273 e. The molecule has 12 nitrogen and oxygen atoms in total. The van der Waals surface area contributed by atoms with Gasteiger partial charge >= 0.3 is 0 Å². The number of nitrogens with zero attached hydrogens (tertiary/aromatic N) is 4. The lowest BCUT2D eigenvalue weighted by molar-refractivity contribution is -0.385. The van der Waals surface area contributed by atoms with Crippen molar-refractivity contribution in [3.05, 3.63) is 79.9 Å². The molecule has 36 heavy (non-hydrogen) atoms. The Hall–Kier alpha value is -4.48. The van der Waals surface area contributed by atoms with E-state index in [-0.39, 0.29) is 34.3 Å². The minimum atomic E-state index is -0.863. The van der Waals surface area contributed by atoms with Crippen molar-refractivity contribution < 1.29 is 29.0 Å². The van der Waals surface area contributed by atoms with Crippen LogP contribution in [0.1, 0.15) is 40.0 Å². The average Bonchev–Trinajstić information content (AvgIpc) is 3.56. The van der Waals surface area contributed by atoms with Gasteiger partial charge in [0.15, 0.2) is 5.78 Å². The molecule has 0 unspecified atom stereocenters. The number of benzene rings is 2. The molecule has 184 valence electrons. The number of nitro benzene ring substituents is 2. The SMILES string of the molecule is O=C(CN(C(=O)c1ccc([N+](=O)[O-])cc1)N1C(=O)[C@H]2[C@H]3CC[C@@H](C3)[C@@H]2C1=O)c1cccc([N+](=O)[O-])c1. The summed E-state index contributed by atoms with van der Waals surface area (Å²) in [4.78, 5) is 74.2. The minimum absolute atomic E-state index is 0.0465. The number of carbonyl (C=O) groups excluding carboxylic acids is 4. The number of amides is 3. The predicted molar refractivity (Wildman–Crippen MR) is 121 cm³/mol. The number of non-ortho nitro benzene ring substituents is 2. The molecular formula is C24H20N4O8. The van der Waals surface area contributed by atoms with Gasteiger partial charge < -0.3 is 0 Å². The van der Waals surface area contributed by atoms with Crippen LogP contribution >= 0.6 is 0 Å². The van der Waals surface area contributed by atoms with Gasteiger partial charge in [0.05, 0.1) is 21.7 Å².